The van der Waals surface area contributed by atoms with E-state index in [4.69, 9.17) is 8.83 Å². The molecule has 0 aliphatic rings. The van der Waals surface area contributed by atoms with Gasteiger partial charge in [-0.05, 0) is 52.7 Å². The zero-order valence-electron chi connectivity index (χ0n) is 25.4. The molecule has 10 rings (SSSR count). The highest BCUT2D eigenvalue weighted by atomic mass is 16.3. The summed E-state index contributed by atoms with van der Waals surface area (Å²) >= 11 is 0. The summed E-state index contributed by atoms with van der Waals surface area (Å²) in [5.74, 6) is 0. The Morgan fingerprint density at radius 3 is 1.89 bits per heavy atom. The normalized spacial score (nSPS) is 11.8. The zero-order valence-corrected chi connectivity index (χ0v) is 25.4. The summed E-state index contributed by atoms with van der Waals surface area (Å²) in [5.41, 5.74) is 8.85. The van der Waals surface area contributed by atoms with E-state index in [1.807, 2.05) is 12.1 Å². The first-order chi connectivity index (χ1) is 23.3. The molecule has 0 aliphatic heterocycles. The van der Waals surface area contributed by atoms with Gasteiger partial charge in [-0.15, -0.1) is 0 Å². The molecule has 2 heterocycles. The van der Waals surface area contributed by atoms with Crippen molar-refractivity contribution in [2.75, 3.05) is 4.90 Å². The van der Waals surface area contributed by atoms with Gasteiger partial charge in [0.15, 0.2) is 5.58 Å². The molecule has 47 heavy (non-hydrogen) atoms. The Morgan fingerprint density at radius 2 is 1.02 bits per heavy atom. The van der Waals surface area contributed by atoms with Crippen molar-refractivity contribution in [3.8, 4) is 11.1 Å². The monoisotopic (exact) mass is 601 g/mol. The summed E-state index contributed by atoms with van der Waals surface area (Å²) in [6.07, 6.45) is 0. The molecular weight excluding hydrogens is 574 g/mol. The van der Waals surface area contributed by atoms with E-state index in [0.29, 0.717) is 0 Å². The van der Waals surface area contributed by atoms with E-state index in [1.165, 1.54) is 10.8 Å². The Hall–Kier alpha value is -6.32. The van der Waals surface area contributed by atoms with E-state index in [9.17, 15) is 0 Å². The summed E-state index contributed by atoms with van der Waals surface area (Å²) in [4.78, 5) is 2.33. The van der Waals surface area contributed by atoms with Gasteiger partial charge in [0.05, 0.1) is 11.4 Å². The average Bonchev–Trinajstić information content (AvgIpc) is 3.71. The van der Waals surface area contributed by atoms with Crippen LogP contribution in [0.5, 0.6) is 0 Å². The van der Waals surface area contributed by atoms with E-state index in [2.05, 4.69) is 157 Å². The second-order valence-electron chi connectivity index (χ2n) is 12.1. The van der Waals surface area contributed by atoms with Gasteiger partial charge in [0.2, 0.25) is 0 Å². The Labute approximate surface area is 270 Å². The molecule has 0 radical (unpaired) electrons. The molecule has 0 saturated carbocycles. The lowest BCUT2D eigenvalue weighted by Crippen LogP contribution is -2.10. The predicted octanol–water partition coefficient (Wildman–Crippen LogP) is 12.9. The topological polar surface area (TPSA) is 29.5 Å². The SMILES string of the molecule is c1ccc(N(c2cc3c4cccc(-c5ccc6ccccc6c5)c4oc3c3ccccc23)c2cccc3c2oc2ccccc23)cc1. The Morgan fingerprint density at radius 1 is 0.362 bits per heavy atom. The average molecular weight is 602 g/mol. The molecule has 220 valence electrons. The number of hydrogen-bond donors (Lipinski definition) is 0. The van der Waals surface area contributed by atoms with Crippen molar-refractivity contribution in [2.45, 2.75) is 0 Å². The van der Waals surface area contributed by atoms with Crippen LogP contribution in [0.1, 0.15) is 0 Å². The van der Waals surface area contributed by atoms with Gasteiger partial charge in [0, 0.05) is 43.6 Å². The molecule has 3 nitrogen and oxygen atoms in total. The highest BCUT2D eigenvalue weighted by molar-refractivity contribution is 6.22. The summed E-state index contributed by atoms with van der Waals surface area (Å²) in [7, 11) is 0. The first-order valence-electron chi connectivity index (χ1n) is 15.9. The Kier molecular flexibility index (Phi) is 5.57. The molecule has 0 amide bonds. The van der Waals surface area contributed by atoms with Crippen LogP contribution >= 0.6 is 0 Å². The minimum Gasteiger partial charge on any atom is -0.455 e. The lowest BCUT2D eigenvalue weighted by atomic mass is 9.98. The number of para-hydroxylation sites is 4. The third kappa shape index (κ3) is 3.93. The van der Waals surface area contributed by atoms with Gasteiger partial charge < -0.3 is 13.7 Å². The smallest absolute Gasteiger partial charge is 0.159 e. The van der Waals surface area contributed by atoms with Crippen molar-refractivity contribution in [1.82, 2.24) is 0 Å². The second kappa shape index (κ2) is 10.1. The Bertz CT molecular complexity index is 2810. The van der Waals surface area contributed by atoms with Gasteiger partial charge >= 0.3 is 0 Å². The molecule has 0 fully saturated rings. The molecule has 0 spiro atoms. The largest absolute Gasteiger partial charge is 0.455 e. The van der Waals surface area contributed by atoms with Gasteiger partial charge in [-0.2, -0.15) is 0 Å². The molecule has 8 aromatic carbocycles. The third-order valence-corrected chi connectivity index (χ3v) is 9.42. The number of fused-ring (bicyclic) bond motifs is 9. The molecule has 0 bridgehead atoms. The molecule has 3 heteroatoms. The van der Waals surface area contributed by atoms with Crippen LogP contribution in [0, 0.1) is 0 Å². The summed E-state index contributed by atoms with van der Waals surface area (Å²) < 4.78 is 13.5. The lowest BCUT2D eigenvalue weighted by molar-refractivity contribution is 0.669. The van der Waals surface area contributed by atoms with Crippen molar-refractivity contribution in [1.29, 1.82) is 0 Å². The predicted molar refractivity (Wildman–Crippen MR) is 196 cm³/mol. The molecule has 10 aromatic rings. The highest BCUT2D eigenvalue weighted by Crippen LogP contribution is 2.48. The second-order valence-corrected chi connectivity index (χ2v) is 12.1. The maximum atomic E-state index is 6.88. The number of benzene rings is 8. The fraction of sp³-hybridized carbons (Fsp3) is 0. The molecule has 0 unspecified atom stereocenters. The van der Waals surface area contributed by atoms with Gasteiger partial charge in [-0.25, -0.2) is 0 Å². The van der Waals surface area contributed by atoms with Gasteiger partial charge in [-0.1, -0.05) is 127 Å². The van der Waals surface area contributed by atoms with Crippen molar-refractivity contribution >= 4 is 82.5 Å². The maximum absolute atomic E-state index is 6.88. The lowest BCUT2D eigenvalue weighted by Gasteiger charge is -2.27. The molecular formula is C44H27NO2. The summed E-state index contributed by atoms with van der Waals surface area (Å²) in [6.45, 7) is 0. The highest BCUT2D eigenvalue weighted by Gasteiger charge is 2.24. The van der Waals surface area contributed by atoms with Gasteiger partial charge in [-0.3, -0.25) is 0 Å². The van der Waals surface area contributed by atoms with E-state index in [1.54, 1.807) is 0 Å². The van der Waals surface area contributed by atoms with Crippen LogP contribution in [0.4, 0.5) is 17.1 Å². The van der Waals surface area contributed by atoms with Crippen molar-refractivity contribution in [3.63, 3.8) is 0 Å². The molecule has 0 atom stereocenters. The standard InChI is InChI=1S/C44H27NO2/c1-2-14-31(15-3-1)45(39-22-11-21-36-34-17-8-9-23-41(34)46-44(36)39)40-27-38-37-20-10-19-32(30-25-24-28-12-4-5-13-29(28)26-30)42(37)47-43(38)35-18-7-6-16-33(35)40/h1-27H. The van der Waals surface area contributed by atoms with Crippen LogP contribution in [0.25, 0.3) is 76.5 Å². The fourth-order valence-electron chi connectivity index (χ4n) is 7.26. The number of nitrogens with zero attached hydrogens (tertiary/aromatic N) is 1. The number of anilines is 3. The summed E-state index contributed by atoms with van der Waals surface area (Å²) in [5, 5.41) is 8.98. The van der Waals surface area contributed by atoms with Crippen LogP contribution < -0.4 is 4.90 Å². The molecule has 0 aliphatic carbocycles. The fourth-order valence-corrected chi connectivity index (χ4v) is 7.26. The quantitative estimate of drug-likeness (QED) is 0.201. The van der Waals surface area contributed by atoms with Crippen molar-refractivity contribution in [3.05, 3.63) is 164 Å². The van der Waals surface area contributed by atoms with Crippen LogP contribution in [0.2, 0.25) is 0 Å². The van der Waals surface area contributed by atoms with Gasteiger partial charge in [0.25, 0.3) is 0 Å². The summed E-state index contributed by atoms with van der Waals surface area (Å²) in [6, 6.07) is 57.7. The van der Waals surface area contributed by atoms with Crippen LogP contribution in [0.15, 0.2) is 173 Å². The zero-order chi connectivity index (χ0) is 30.9. The first kappa shape index (κ1) is 26.0. The maximum Gasteiger partial charge on any atom is 0.159 e. The molecule has 0 saturated heterocycles. The van der Waals surface area contributed by atoms with E-state index in [0.717, 1.165) is 82.8 Å². The minimum absolute atomic E-state index is 0.859. The van der Waals surface area contributed by atoms with Gasteiger partial charge in [0.1, 0.15) is 16.7 Å². The molecule has 2 aromatic heterocycles. The van der Waals surface area contributed by atoms with Crippen molar-refractivity contribution in [2.24, 2.45) is 0 Å². The van der Waals surface area contributed by atoms with E-state index in [-0.39, 0.29) is 0 Å². The van der Waals surface area contributed by atoms with E-state index < -0.39 is 0 Å². The minimum atomic E-state index is 0.859. The first-order valence-corrected chi connectivity index (χ1v) is 15.9. The van der Waals surface area contributed by atoms with Crippen LogP contribution in [-0.2, 0) is 0 Å². The molecule has 0 N–H and O–H groups in total. The van der Waals surface area contributed by atoms with E-state index >= 15 is 0 Å². The number of rotatable bonds is 4. The Balaban J connectivity index is 1.28. The number of hydrogen-bond acceptors (Lipinski definition) is 3. The number of furan rings is 2. The van der Waals surface area contributed by atoms with Crippen LogP contribution in [0.3, 0.4) is 0 Å². The van der Waals surface area contributed by atoms with Crippen molar-refractivity contribution < 1.29 is 8.83 Å². The third-order valence-electron chi connectivity index (χ3n) is 9.42. The van der Waals surface area contributed by atoms with Crippen LogP contribution in [-0.4, -0.2) is 0 Å².